The topological polar surface area (TPSA) is 83.4 Å². The van der Waals surface area contributed by atoms with Crippen LogP contribution < -0.4 is 0 Å². The van der Waals surface area contributed by atoms with E-state index in [1.807, 2.05) is 67.6 Å². The van der Waals surface area contributed by atoms with Gasteiger partial charge in [-0.05, 0) is 31.0 Å². The van der Waals surface area contributed by atoms with Crippen molar-refractivity contribution in [1.29, 1.82) is 0 Å². The third kappa shape index (κ3) is 4.26. The number of ketones is 1. The number of rotatable bonds is 6. The van der Waals surface area contributed by atoms with E-state index in [2.05, 4.69) is 9.97 Å². The van der Waals surface area contributed by atoms with Crippen LogP contribution in [0.15, 0.2) is 90.5 Å². The molecule has 3 heterocycles. The predicted octanol–water partition coefficient (Wildman–Crippen LogP) is 5.60. The molecule has 1 unspecified atom stereocenters. The molecule has 1 N–H and O–H groups in total. The summed E-state index contributed by atoms with van der Waals surface area (Å²) in [5, 5.41) is 11.7. The molecule has 4 aromatic rings. The molecule has 1 aliphatic rings. The minimum Gasteiger partial charge on any atom is -0.503 e. The van der Waals surface area contributed by atoms with Crippen LogP contribution in [0.2, 0.25) is 0 Å². The first kappa shape index (κ1) is 22.7. The lowest BCUT2D eigenvalue weighted by atomic mass is 9.94. The zero-order chi connectivity index (χ0) is 24.5. The van der Waals surface area contributed by atoms with Gasteiger partial charge in [-0.25, -0.2) is 4.98 Å². The fourth-order valence-electron chi connectivity index (χ4n) is 4.36. The van der Waals surface area contributed by atoms with Crippen molar-refractivity contribution < 1.29 is 14.7 Å². The molecule has 0 radical (unpaired) electrons. The molecule has 1 atom stereocenters. The number of carbonyl (C=O) groups excluding carboxylic acids is 2. The predicted molar refractivity (Wildman–Crippen MR) is 135 cm³/mol. The number of benzene rings is 2. The fourth-order valence-corrected chi connectivity index (χ4v) is 5.38. The number of pyridine rings is 1. The van der Waals surface area contributed by atoms with Crippen LogP contribution in [0, 0.1) is 13.8 Å². The van der Waals surface area contributed by atoms with Crippen LogP contribution in [0.1, 0.15) is 38.1 Å². The molecule has 174 valence electrons. The van der Waals surface area contributed by atoms with Crippen molar-refractivity contribution >= 4 is 23.0 Å². The molecule has 0 spiro atoms. The minimum absolute atomic E-state index is 0.0795. The van der Waals surface area contributed by atoms with Gasteiger partial charge in [0.1, 0.15) is 5.01 Å². The van der Waals surface area contributed by atoms with Crippen molar-refractivity contribution in [2.75, 3.05) is 0 Å². The molecule has 2 aromatic carbocycles. The molecule has 1 amide bonds. The highest BCUT2D eigenvalue weighted by molar-refractivity contribution is 7.17. The first-order valence-corrected chi connectivity index (χ1v) is 12.0. The third-order valence-electron chi connectivity index (χ3n) is 6.01. The maximum absolute atomic E-state index is 13.9. The second-order valence-corrected chi connectivity index (χ2v) is 9.50. The SMILES string of the molecule is Cc1cccc(C2C(C(=O)c3sc(-c4ccccc4)nc3C)=C(O)C(=O)N2Cc2cccnc2)c1. The Morgan fingerprint density at radius 2 is 1.86 bits per heavy atom. The van der Waals surface area contributed by atoms with Gasteiger partial charge in [0.15, 0.2) is 5.76 Å². The zero-order valence-electron chi connectivity index (χ0n) is 19.3. The van der Waals surface area contributed by atoms with Gasteiger partial charge in [0.25, 0.3) is 5.91 Å². The monoisotopic (exact) mass is 481 g/mol. The lowest BCUT2D eigenvalue weighted by molar-refractivity contribution is -0.130. The van der Waals surface area contributed by atoms with Crippen molar-refractivity contribution in [3.8, 4) is 10.6 Å². The number of aryl methyl sites for hydroxylation is 2. The molecule has 35 heavy (non-hydrogen) atoms. The zero-order valence-corrected chi connectivity index (χ0v) is 20.1. The lowest BCUT2D eigenvalue weighted by Gasteiger charge is -2.27. The number of thiazole rings is 1. The van der Waals surface area contributed by atoms with E-state index in [1.165, 1.54) is 16.2 Å². The van der Waals surface area contributed by atoms with E-state index in [-0.39, 0.29) is 17.9 Å². The molecule has 7 heteroatoms. The molecule has 0 bridgehead atoms. The summed E-state index contributed by atoms with van der Waals surface area (Å²) in [4.78, 5) is 37.9. The lowest BCUT2D eigenvalue weighted by Crippen LogP contribution is -2.30. The largest absolute Gasteiger partial charge is 0.503 e. The Hall–Kier alpha value is -4.10. The second-order valence-electron chi connectivity index (χ2n) is 8.50. The molecule has 6 nitrogen and oxygen atoms in total. The van der Waals surface area contributed by atoms with E-state index in [4.69, 9.17) is 0 Å². The van der Waals surface area contributed by atoms with E-state index < -0.39 is 17.7 Å². The van der Waals surface area contributed by atoms with E-state index in [0.29, 0.717) is 10.6 Å². The van der Waals surface area contributed by atoms with Gasteiger partial charge in [-0.2, -0.15) is 0 Å². The van der Waals surface area contributed by atoms with Crippen LogP contribution in [0.25, 0.3) is 10.6 Å². The number of aliphatic hydroxyl groups is 1. The Kier molecular flexibility index (Phi) is 6.01. The average Bonchev–Trinajstić information content (AvgIpc) is 3.38. The number of aromatic nitrogens is 2. The summed E-state index contributed by atoms with van der Waals surface area (Å²) in [6.45, 7) is 3.94. The highest BCUT2D eigenvalue weighted by atomic mass is 32.1. The average molecular weight is 482 g/mol. The van der Waals surface area contributed by atoms with Gasteiger partial charge in [-0.1, -0.05) is 66.2 Å². The summed E-state index contributed by atoms with van der Waals surface area (Å²) in [6.07, 6.45) is 3.34. The summed E-state index contributed by atoms with van der Waals surface area (Å²) >= 11 is 1.27. The fraction of sp³-hybridized carbons (Fsp3) is 0.143. The first-order chi connectivity index (χ1) is 16.9. The van der Waals surface area contributed by atoms with E-state index in [1.54, 1.807) is 25.4 Å². The Bertz CT molecular complexity index is 1440. The summed E-state index contributed by atoms with van der Waals surface area (Å²) in [6, 6.07) is 20.2. The van der Waals surface area contributed by atoms with Crippen LogP contribution in [-0.4, -0.2) is 31.7 Å². The van der Waals surface area contributed by atoms with Crippen LogP contribution in [-0.2, 0) is 11.3 Å². The van der Waals surface area contributed by atoms with Crippen LogP contribution >= 0.6 is 11.3 Å². The second kappa shape index (κ2) is 9.27. The van der Waals surface area contributed by atoms with Crippen molar-refractivity contribution in [2.24, 2.45) is 0 Å². The summed E-state index contributed by atoms with van der Waals surface area (Å²) < 4.78 is 0. The molecule has 5 rings (SSSR count). The number of amides is 1. The smallest absolute Gasteiger partial charge is 0.290 e. The molecule has 0 aliphatic carbocycles. The Balaban J connectivity index is 1.59. The van der Waals surface area contributed by atoms with E-state index in [0.717, 1.165) is 27.3 Å². The Labute approximate surface area is 207 Å². The molecule has 1 aliphatic heterocycles. The number of hydrogen-bond donors (Lipinski definition) is 1. The Morgan fingerprint density at radius 1 is 1.06 bits per heavy atom. The molecule has 0 saturated carbocycles. The van der Waals surface area contributed by atoms with Gasteiger partial charge in [0.05, 0.1) is 22.2 Å². The summed E-state index contributed by atoms with van der Waals surface area (Å²) in [7, 11) is 0. The van der Waals surface area contributed by atoms with Crippen LogP contribution in [0.3, 0.4) is 0 Å². The standard InChI is InChI=1S/C28H23N3O3S/c1-17-8-6-12-21(14-17)23-22(25(33)28(34)31(23)16-19-9-7-13-29-15-19)24(32)26-18(2)30-27(35-26)20-10-4-3-5-11-20/h3-15,23,33H,16H2,1-2H3. The summed E-state index contributed by atoms with van der Waals surface area (Å²) in [5.41, 5.74) is 4.13. The maximum atomic E-state index is 13.9. The van der Waals surface area contributed by atoms with E-state index in [9.17, 15) is 14.7 Å². The van der Waals surface area contributed by atoms with Gasteiger partial charge < -0.3 is 10.0 Å². The highest BCUT2D eigenvalue weighted by Gasteiger charge is 2.44. The highest BCUT2D eigenvalue weighted by Crippen LogP contribution is 2.41. The van der Waals surface area contributed by atoms with E-state index >= 15 is 0 Å². The Morgan fingerprint density at radius 3 is 2.57 bits per heavy atom. The van der Waals surface area contributed by atoms with Crippen molar-refractivity contribution in [2.45, 2.75) is 26.4 Å². The third-order valence-corrected chi connectivity index (χ3v) is 7.21. The van der Waals surface area contributed by atoms with Crippen LogP contribution in [0.5, 0.6) is 0 Å². The minimum atomic E-state index is -0.725. The number of aliphatic hydroxyl groups excluding tert-OH is 1. The van der Waals surface area contributed by atoms with Crippen LogP contribution in [0.4, 0.5) is 0 Å². The van der Waals surface area contributed by atoms with Gasteiger partial charge in [-0.3, -0.25) is 14.6 Å². The summed E-state index contributed by atoms with van der Waals surface area (Å²) in [5.74, 6) is -1.47. The molecule has 0 fully saturated rings. The first-order valence-electron chi connectivity index (χ1n) is 11.2. The van der Waals surface area contributed by atoms with Gasteiger partial charge in [0.2, 0.25) is 5.78 Å². The quantitative estimate of drug-likeness (QED) is 0.363. The van der Waals surface area contributed by atoms with Gasteiger partial charge in [-0.15, -0.1) is 11.3 Å². The number of carbonyl (C=O) groups is 2. The van der Waals surface area contributed by atoms with Crippen molar-refractivity contribution in [3.05, 3.63) is 118 Å². The molecule has 2 aromatic heterocycles. The molecular weight excluding hydrogens is 458 g/mol. The number of Topliss-reactive ketones (excluding diaryl/α,β-unsaturated/α-hetero) is 1. The molecular formula is C28H23N3O3S. The molecule has 0 saturated heterocycles. The normalized spacial score (nSPS) is 15.7. The number of hydrogen-bond acceptors (Lipinski definition) is 6. The maximum Gasteiger partial charge on any atom is 0.290 e. The van der Waals surface area contributed by atoms with Crippen molar-refractivity contribution in [1.82, 2.24) is 14.9 Å². The van der Waals surface area contributed by atoms with Crippen molar-refractivity contribution in [3.63, 3.8) is 0 Å². The van der Waals surface area contributed by atoms with Gasteiger partial charge in [0, 0.05) is 24.5 Å². The van der Waals surface area contributed by atoms with Gasteiger partial charge >= 0.3 is 0 Å². The number of nitrogens with zero attached hydrogens (tertiary/aromatic N) is 3.